The predicted octanol–water partition coefficient (Wildman–Crippen LogP) is 2.07. The highest BCUT2D eigenvalue weighted by Gasteiger charge is 2.22. The lowest BCUT2D eigenvalue weighted by atomic mass is 9.92. The summed E-state index contributed by atoms with van der Waals surface area (Å²) >= 11 is 0. The summed E-state index contributed by atoms with van der Waals surface area (Å²) in [6.45, 7) is 10.7. The maximum atomic E-state index is 4.36. The minimum atomic E-state index is 0.747. The Balaban J connectivity index is 2.00. The van der Waals surface area contributed by atoms with Gasteiger partial charge in [0.1, 0.15) is 0 Å². The number of nitrogens with one attached hydrogen (secondary N) is 1. The van der Waals surface area contributed by atoms with Crippen molar-refractivity contribution in [1.29, 1.82) is 0 Å². The number of aromatic nitrogens is 2. The molecule has 1 N–H and O–H groups in total. The van der Waals surface area contributed by atoms with Crippen molar-refractivity contribution in [1.82, 2.24) is 15.5 Å². The second-order valence-electron chi connectivity index (χ2n) is 5.51. The van der Waals surface area contributed by atoms with Crippen LogP contribution in [0.1, 0.15) is 32.9 Å². The van der Waals surface area contributed by atoms with E-state index in [0.29, 0.717) is 0 Å². The van der Waals surface area contributed by atoms with Gasteiger partial charge in [-0.05, 0) is 36.9 Å². The van der Waals surface area contributed by atoms with E-state index in [1.54, 1.807) is 0 Å². The maximum absolute atomic E-state index is 4.36. The summed E-state index contributed by atoms with van der Waals surface area (Å²) in [6.07, 6.45) is 1.32. The van der Waals surface area contributed by atoms with E-state index < -0.39 is 0 Å². The fourth-order valence-corrected chi connectivity index (χ4v) is 2.72. The monoisotopic (exact) mass is 248 g/mol. The zero-order valence-electron chi connectivity index (χ0n) is 11.7. The largest absolute Gasteiger partial charge is 0.355 e. The third-order valence-corrected chi connectivity index (χ3v) is 3.45. The Kier molecular flexibility index (Phi) is 4.53. The van der Waals surface area contributed by atoms with Crippen LogP contribution in [0.25, 0.3) is 0 Å². The number of hydrogen-bond acceptors (Lipinski definition) is 4. The number of rotatable bonds is 4. The van der Waals surface area contributed by atoms with Gasteiger partial charge in [0.2, 0.25) is 0 Å². The Labute approximate surface area is 110 Å². The average molecular weight is 248 g/mol. The van der Waals surface area contributed by atoms with Crippen LogP contribution in [-0.4, -0.2) is 29.8 Å². The van der Waals surface area contributed by atoms with Gasteiger partial charge in [-0.2, -0.15) is 5.10 Å². The molecule has 4 heteroatoms. The summed E-state index contributed by atoms with van der Waals surface area (Å²) in [5.74, 6) is 2.52. The number of piperidine rings is 1. The molecule has 0 amide bonds. The van der Waals surface area contributed by atoms with Crippen molar-refractivity contribution in [2.24, 2.45) is 11.8 Å². The zero-order chi connectivity index (χ0) is 13.0. The molecule has 1 aliphatic heterocycles. The fourth-order valence-electron chi connectivity index (χ4n) is 2.72. The molecule has 100 valence electrons. The molecule has 0 aromatic carbocycles. The summed E-state index contributed by atoms with van der Waals surface area (Å²) in [5.41, 5.74) is 1.01. The lowest BCUT2D eigenvalue weighted by Crippen LogP contribution is -2.39. The molecule has 0 aliphatic carbocycles. The Morgan fingerprint density at radius 2 is 1.94 bits per heavy atom. The number of anilines is 1. The van der Waals surface area contributed by atoms with Crippen LogP contribution < -0.4 is 10.2 Å². The van der Waals surface area contributed by atoms with Crippen LogP contribution in [0.3, 0.4) is 0 Å². The number of hydrogen-bond donors (Lipinski definition) is 1. The zero-order valence-corrected chi connectivity index (χ0v) is 11.7. The SMILES string of the molecule is CCNCc1ccc(N2CC(C)CC(C)C2)nn1. The van der Waals surface area contributed by atoms with Gasteiger partial charge in [-0.15, -0.1) is 5.10 Å². The van der Waals surface area contributed by atoms with Gasteiger partial charge in [0.25, 0.3) is 0 Å². The topological polar surface area (TPSA) is 41.0 Å². The van der Waals surface area contributed by atoms with Crippen LogP contribution in [0, 0.1) is 11.8 Å². The van der Waals surface area contributed by atoms with Crippen molar-refractivity contribution >= 4 is 5.82 Å². The third-order valence-electron chi connectivity index (χ3n) is 3.45. The molecule has 1 aliphatic rings. The first kappa shape index (κ1) is 13.3. The molecule has 2 heterocycles. The molecule has 0 radical (unpaired) electrons. The molecule has 2 rings (SSSR count). The second-order valence-corrected chi connectivity index (χ2v) is 5.51. The van der Waals surface area contributed by atoms with Gasteiger partial charge >= 0.3 is 0 Å². The van der Waals surface area contributed by atoms with E-state index in [1.165, 1.54) is 6.42 Å². The molecule has 1 aromatic heterocycles. The average Bonchev–Trinajstić information content (AvgIpc) is 2.36. The first-order valence-corrected chi connectivity index (χ1v) is 6.97. The quantitative estimate of drug-likeness (QED) is 0.885. The standard InChI is InChI=1S/C14H24N4/c1-4-15-8-13-5-6-14(17-16-13)18-9-11(2)7-12(3)10-18/h5-6,11-12,15H,4,7-10H2,1-3H3. The van der Waals surface area contributed by atoms with Crippen molar-refractivity contribution in [3.05, 3.63) is 17.8 Å². The number of nitrogens with zero attached hydrogens (tertiary/aromatic N) is 3. The lowest BCUT2D eigenvalue weighted by molar-refractivity contribution is 0.354. The smallest absolute Gasteiger partial charge is 0.151 e. The van der Waals surface area contributed by atoms with E-state index in [9.17, 15) is 0 Å². The van der Waals surface area contributed by atoms with Gasteiger partial charge in [0.15, 0.2) is 5.82 Å². The van der Waals surface area contributed by atoms with Crippen molar-refractivity contribution in [3.8, 4) is 0 Å². The predicted molar refractivity (Wildman–Crippen MR) is 74.6 cm³/mol. The van der Waals surface area contributed by atoms with Crippen LogP contribution in [0.2, 0.25) is 0 Å². The molecule has 0 bridgehead atoms. The fraction of sp³-hybridized carbons (Fsp3) is 0.714. The van der Waals surface area contributed by atoms with Crippen LogP contribution in [0.15, 0.2) is 12.1 Å². The van der Waals surface area contributed by atoms with E-state index in [0.717, 1.165) is 49.5 Å². The molecule has 4 nitrogen and oxygen atoms in total. The van der Waals surface area contributed by atoms with Crippen molar-refractivity contribution in [2.75, 3.05) is 24.5 Å². The van der Waals surface area contributed by atoms with Gasteiger partial charge < -0.3 is 10.2 Å². The van der Waals surface area contributed by atoms with Crippen LogP contribution in [-0.2, 0) is 6.54 Å². The molecule has 0 saturated carbocycles. The van der Waals surface area contributed by atoms with E-state index >= 15 is 0 Å². The normalized spacial score (nSPS) is 24.3. The molecule has 1 saturated heterocycles. The molecule has 2 unspecified atom stereocenters. The van der Waals surface area contributed by atoms with Gasteiger partial charge in [0, 0.05) is 19.6 Å². The first-order chi connectivity index (χ1) is 8.69. The third kappa shape index (κ3) is 3.42. The maximum Gasteiger partial charge on any atom is 0.151 e. The summed E-state index contributed by atoms with van der Waals surface area (Å²) < 4.78 is 0. The van der Waals surface area contributed by atoms with E-state index in [4.69, 9.17) is 0 Å². The Hall–Kier alpha value is -1.16. The van der Waals surface area contributed by atoms with Crippen LogP contribution in [0.4, 0.5) is 5.82 Å². The molecule has 1 fully saturated rings. The summed E-state index contributed by atoms with van der Waals surface area (Å²) in [5, 5.41) is 11.9. The van der Waals surface area contributed by atoms with Gasteiger partial charge in [-0.25, -0.2) is 0 Å². The Morgan fingerprint density at radius 1 is 1.22 bits per heavy atom. The summed E-state index contributed by atoms with van der Waals surface area (Å²) in [6, 6.07) is 4.18. The van der Waals surface area contributed by atoms with Gasteiger partial charge in [0.05, 0.1) is 5.69 Å². The first-order valence-electron chi connectivity index (χ1n) is 6.97. The summed E-state index contributed by atoms with van der Waals surface area (Å²) in [7, 11) is 0. The highest BCUT2D eigenvalue weighted by Crippen LogP contribution is 2.24. The van der Waals surface area contributed by atoms with Gasteiger partial charge in [-0.3, -0.25) is 0 Å². The second kappa shape index (κ2) is 6.14. The molecular formula is C14H24N4. The van der Waals surface area contributed by atoms with E-state index in [-0.39, 0.29) is 0 Å². The van der Waals surface area contributed by atoms with Gasteiger partial charge in [-0.1, -0.05) is 20.8 Å². The summed E-state index contributed by atoms with van der Waals surface area (Å²) in [4.78, 5) is 2.36. The van der Waals surface area contributed by atoms with E-state index in [2.05, 4.69) is 53.3 Å². The minimum absolute atomic E-state index is 0.747. The molecule has 18 heavy (non-hydrogen) atoms. The molecule has 1 aromatic rings. The highest BCUT2D eigenvalue weighted by molar-refractivity contribution is 5.38. The van der Waals surface area contributed by atoms with Crippen molar-refractivity contribution < 1.29 is 0 Å². The molecular weight excluding hydrogens is 224 g/mol. The minimum Gasteiger partial charge on any atom is -0.355 e. The van der Waals surface area contributed by atoms with Crippen LogP contribution >= 0.6 is 0 Å². The Morgan fingerprint density at radius 3 is 2.50 bits per heavy atom. The van der Waals surface area contributed by atoms with Crippen molar-refractivity contribution in [2.45, 2.75) is 33.7 Å². The van der Waals surface area contributed by atoms with Crippen molar-refractivity contribution in [3.63, 3.8) is 0 Å². The highest BCUT2D eigenvalue weighted by atomic mass is 15.3. The lowest BCUT2D eigenvalue weighted by Gasteiger charge is -2.35. The van der Waals surface area contributed by atoms with Crippen LogP contribution in [0.5, 0.6) is 0 Å². The Bertz CT molecular complexity index is 353. The van der Waals surface area contributed by atoms with E-state index in [1.807, 2.05) is 0 Å². The molecule has 2 atom stereocenters. The molecule has 0 spiro atoms.